The lowest BCUT2D eigenvalue weighted by Gasteiger charge is -2.27. The number of Topliss-reactive ketones (excluding diaryl/α,β-unsaturated/α-hetero) is 3. The molecule has 5 aromatic rings. The van der Waals surface area contributed by atoms with Crippen molar-refractivity contribution < 1.29 is 62.0 Å². The van der Waals surface area contributed by atoms with Crippen LogP contribution in [0.2, 0.25) is 0 Å². The van der Waals surface area contributed by atoms with E-state index in [1.807, 2.05) is 154 Å². The summed E-state index contributed by atoms with van der Waals surface area (Å²) in [5.74, 6) is -5.13. The largest absolute Gasteiger partial charge is 0.489 e. The summed E-state index contributed by atoms with van der Waals surface area (Å²) in [5.41, 5.74) is 3.69. The van der Waals surface area contributed by atoms with Crippen LogP contribution in [0.5, 0.6) is 5.75 Å². The molecule has 0 aliphatic rings. The number of nitrogens with one attached hydrogen (secondary N) is 3. The summed E-state index contributed by atoms with van der Waals surface area (Å²) < 4.78 is 29.4. The van der Waals surface area contributed by atoms with E-state index in [2.05, 4.69) is 16.0 Å². The molecule has 0 fully saturated rings. The van der Waals surface area contributed by atoms with E-state index >= 15 is 0 Å². The second-order valence-corrected chi connectivity index (χ2v) is 23.0. The highest BCUT2D eigenvalue weighted by Gasteiger charge is 2.34. The molecule has 3 N–H and O–H groups in total. The molecule has 5 rings (SSSR count). The molecule has 0 spiro atoms. The van der Waals surface area contributed by atoms with Gasteiger partial charge >= 0.3 is 11.9 Å². The van der Waals surface area contributed by atoms with E-state index in [-0.39, 0.29) is 70.1 Å². The summed E-state index contributed by atoms with van der Waals surface area (Å²) in [7, 11) is 0. The van der Waals surface area contributed by atoms with Crippen molar-refractivity contribution in [2.45, 2.75) is 188 Å². The number of rotatable bonds is 40. The van der Waals surface area contributed by atoms with E-state index in [4.69, 9.17) is 23.7 Å². The highest BCUT2D eigenvalue weighted by atomic mass is 16.6. The zero-order valence-electron chi connectivity index (χ0n) is 51.1. The topological polar surface area (TPSA) is 219 Å². The van der Waals surface area contributed by atoms with Gasteiger partial charge in [0.05, 0.1) is 49.8 Å². The van der Waals surface area contributed by atoms with Crippen LogP contribution >= 0.6 is 0 Å². The maximum Gasteiger partial charge on any atom is 0.329 e. The van der Waals surface area contributed by atoms with Crippen LogP contribution in [0.4, 0.5) is 0 Å². The van der Waals surface area contributed by atoms with Gasteiger partial charge in [0, 0.05) is 38.5 Å². The van der Waals surface area contributed by atoms with Crippen LogP contribution < -0.4 is 20.7 Å². The zero-order valence-corrected chi connectivity index (χ0v) is 51.1. The van der Waals surface area contributed by atoms with Crippen LogP contribution in [0.25, 0.3) is 0 Å². The first-order valence-corrected chi connectivity index (χ1v) is 30.2. The van der Waals surface area contributed by atoms with Crippen LogP contribution in [0.15, 0.2) is 146 Å². The fourth-order valence-corrected chi connectivity index (χ4v) is 9.61. The predicted octanol–water partition coefficient (Wildman–Crippen LogP) is 11.2. The quantitative estimate of drug-likeness (QED) is 0.0246. The second-order valence-electron chi connectivity index (χ2n) is 23.0. The third-order valence-electron chi connectivity index (χ3n) is 14.5. The summed E-state index contributed by atoms with van der Waals surface area (Å²) in [6.07, 6.45) is 3.60. The predicted molar refractivity (Wildman–Crippen MR) is 329 cm³/mol. The number of benzene rings is 5. The van der Waals surface area contributed by atoms with Gasteiger partial charge in [-0.05, 0) is 94.3 Å². The molecule has 16 nitrogen and oxygen atoms in total. The minimum atomic E-state index is -1.12. The lowest BCUT2D eigenvalue weighted by atomic mass is 9.93. The van der Waals surface area contributed by atoms with E-state index < -0.39 is 83.5 Å². The van der Waals surface area contributed by atoms with Gasteiger partial charge in [-0.1, -0.05) is 172 Å². The Hall–Kier alpha value is -7.82. The summed E-state index contributed by atoms with van der Waals surface area (Å²) in [6, 6.07) is 42.7. The van der Waals surface area contributed by atoms with Gasteiger partial charge in [-0.3, -0.25) is 28.8 Å². The zero-order chi connectivity index (χ0) is 62.1. The van der Waals surface area contributed by atoms with Crippen molar-refractivity contribution in [3.63, 3.8) is 0 Å². The molecule has 0 aliphatic carbocycles. The standard InChI is InChI=1S/C70H89N3O13/c1-50(74)42-60(51(2)82-46-54-26-16-12-17-27-54)67(79)71-45-58(75)44-61(52(3)83-47-55-28-18-13-19-29-55)68(80)73-62(34-24-10-8-7-9-11-25-35-66(78)86-70(4,5)6)64(76)40-41-65(77)72-63(69(81)85-49-57-32-22-15-23-33-57)43-53-36-38-59(39-37-53)84-48-56-30-20-14-21-31-56/h12-23,26-33,36-39,51-52,60-63H,7-11,24-25,34-35,40-49H2,1-6H3,(H,71,79)(H,72,77)(H,73,80)/t51-,52-,60+,61+,62+,63+/m1/s1. The van der Waals surface area contributed by atoms with Crippen LogP contribution in [0.3, 0.4) is 0 Å². The van der Waals surface area contributed by atoms with E-state index in [1.165, 1.54) is 6.92 Å². The first kappa shape index (κ1) is 69.0. The Kier molecular flexibility index (Phi) is 30.1. The molecule has 0 unspecified atom stereocenters. The fourth-order valence-electron chi connectivity index (χ4n) is 9.61. The number of ether oxygens (including phenoxy) is 5. The molecule has 0 saturated heterocycles. The van der Waals surface area contributed by atoms with Gasteiger partial charge in [0.15, 0.2) is 11.6 Å². The Morgan fingerprint density at radius 3 is 1.50 bits per heavy atom. The van der Waals surface area contributed by atoms with Crippen LogP contribution in [0, 0.1) is 11.8 Å². The van der Waals surface area contributed by atoms with Crippen LogP contribution in [-0.2, 0) is 90.2 Å². The smallest absolute Gasteiger partial charge is 0.329 e. The molecule has 16 heteroatoms. The van der Waals surface area contributed by atoms with Gasteiger partial charge in [0.2, 0.25) is 17.7 Å². The van der Waals surface area contributed by atoms with Gasteiger partial charge in [-0.25, -0.2) is 4.79 Å². The highest BCUT2D eigenvalue weighted by Crippen LogP contribution is 2.22. The first-order chi connectivity index (χ1) is 41.3. The average molecular weight is 1180 g/mol. The monoisotopic (exact) mass is 1180 g/mol. The highest BCUT2D eigenvalue weighted by molar-refractivity contribution is 5.95. The molecular formula is C70H89N3O13. The Balaban J connectivity index is 1.28. The summed E-state index contributed by atoms with van der Waals surface area (Å²) in [5, 5.41) is 8.44. The maximum absolute atomic E-state index is 14.7. The number of hydrogen-bond acceptors (Lipinski definition) is 13. The number of carbonyl (C=O) groups is 8. The van der Waals surface area contributed by atoms with Crippen LogP contribution in [0.1, 0.15) is 153 Å². The first-order valence-electron chi connectivity index (χ1n) is 30.2. The Labute approximate surface area is 508 Å². The average Bonchev–Trinajstić information content (AvgIpc) is 3.69. The molecule has 0 radical (unpaired) electrons. The molecule has 0 bridgehead atoms. The Morgan fingerprint density at radius 2 is 0.977 bits per heavy atom. The summed E-state index contributed by atoms with van der Waals surface area (Å²) in [6.45, 7) is 10.5. The van der Waals surface area contributed by atoms with Crippen molar-refractivity contribution in [1.29, 1.82) is 0 Å². The van der Waals surface area contributed by atoms with Crippen molar-refractivity contribution in [2.24, 2.45) is 11.8 Å². The minimum absolute atomic E-state index is 0.0186. The molecule has 0 saturated carbocycles. The number of amides is 3. The van der Waals surface area contributed by atoms with Crippen LogP contribution in [-0.4, -0.2) is 83.4 Å². The van der Waals surface area contributed by atoms with E-state index in [0.29, 0.717) is 31.6 Å². The molecule has 86 heavy (non-hydrogen) atoms. The lowest BCUT2D eigenvalue weighted by Crippen LogP contribution is -2.48. The molecule has 5 aromatic carbocycles. The van der Waals surface area contributed by atoms with Gasteiger partial charge in [0.25, 0.3) is 0 Å². The molecule has 3 amide bonds. The molecule has 0 aliphatic heterocycles. The molecular weight excluding hydrogens is 1090 g/mol. The van der Waals surface area contributed by atoms with E-state index in [0.717, 1.165) is 59.9 Å². The molecule has 6 atom stereocenters. The summed E-state index contributed by atoms with van der Waals surface area (Å²) >= 11 is 0. The number of hydrogen-bond donors (Lipinski definition) is 3. The van der Waals surface area contributed by atoms with Gasteiger partial charge in [-0.15, -0.1) is 0 Å². The second kappa shape index (κ2) is 37.6. The van der Waals surface area contributed by atoms with Crippen molar-refractivity contribution in [1.82, 2.24) is 16.0 Å². The molecule has 0 aromatic heterocycles. The third-order valence-corrected chi connectivity index (χ3v) is 14.5. The SMILES string of the molecule is CC(=O)C[C@H](C(=O)NCC(=O)C[C@H](C(=O)N[C@@H](CCCCCCCCCC(=O)OC(C)(C)C)C(=O)CCC(=O)N[C@@H](Cc1ccc(OCc2ccccc2)cc1)C(=O)OCc1ccccc1)[C@@H](C)OCc1ccccc1)[C@@H](C)OCc1ccccc1. The normalized spacial score (nSPS) is 13.4. The fraction of sp³-hybridized carbons (Fsp3) is 0.457. The Bertz CT molecular complexity index is 2860. The number of unbranched alkanes of at least 4 members (excludes halogenated alkanes) is 6. The van der Waals surface area contributed by atoms with Crippen molar-refractivity contribution in [2.75, 3.05) is 6.54 Å². The molecule has 0 heterocycles. The van der Waals surface area contributed by atoms with Crippen molar-refractivity contribution in [3.05, 3.63) is 173 Å². The minimum Gasteiger partial charge on any atom is -0.489 e. The van der Waals surface area contributed by atoms with Crippen molar-refractivity contribution in [3.8, 4) is 5.75 Å². The van der Waals surface area contributed by atoms with E-state index in [1.54, 1.807) is 26.0 Å². The molecule has 462 valence electrons. The summed E-state index contributed by atoms with van der Waals surface area (Å²) in [4.78, 5) is 109. The lowest BCUT2D eigenvalue weighted by molar-refractivity contribution is -0.155. The van der Waals surface area contributed by atoms with E-state index in [9.17, 15) is 38.4 Å². The van der Waals surface area contributed by atoms with Gasteiger partial charge in [-0.2, -0.15) is 0 Å². The number of carbonyl (C=O) groups excluding carboxylic acids is 8. The maximum atomic E-state index is 14.7. The number of esters is 2. The third kappa shape index (κ3) is 27.5. The van der Waals surface area contributed by atoms with Gasteiger partial charge in [0.1, 0.15) is 36.4 Å². The van der Waals surface area contributed by atoms with Crippen molar-refractivity contribution >= 4 is 47.0 Å². The Morgan fingerprint density at radius 1 is 0.488 bits per heavy atom. The number of ketones is 3. The van der Waals surface area contributed by atoms with Gasteiger partial charge < -0.3 is 44.4 Å².